The topological polar surface area (TPSA) is 23.6 Å². The van der Waals surface area contributed by atoms with Crippen LogP contribution in [0.25, 0.3) is 0 Å². The van der Waals surface area contributed by atoms with Crippen molar-refractivity contribution in [2.75, 3.05) is 27.2 Å². The summed E-state index contributed by atoms with van der Waals surface area (Å²) in [5, 5.41) is 0. The van der Waals surface area contributed by atoms with Gasteiger partial charge in [0, 0.05) is 30.8 Å². The maximum Gasteiger partial charge on any atom is 0.419 e. The van der Waals surface area contributed by atoms with Gasteiger partial charge in [-0.25, -0.2) is 8.78 Å². The summed E-state index contributed by atoms with van der Waals surface area (Å²) in [7, 11) is 3.54. The third-order valence-corrected chi connectivity index (χ3v) is 3.94. The molecule has 0 unspecified atom stereocenters. The Morgan fingerprint density at radius 1 is 0.963 bits per heavy atom. The van der Waals surface area contributed by atoms with Crippen molar-refractivity contribution >= 4 is 5.91 Å². The van der Waals surface area contributed by atoms with Gasteiger partial charge in [-0.2, -0.15) is 13.2 Å². The first-order valence-corrected chi connectivity index (χ1v) is 8.13. The van der Waals surface area contributed by atoms with Gasteiger partial charge in [0.15, 0.2) is 0 Å². The predicted molar refractivity (Wildman–Crippen MR) is 91.1 cm³/mol. The Labute approximate surface area is 154 Å². The fourth-order valence-corrected chi connectivity index (χ4v) is 2.46. The summed E-state index contributed by atoms with van der Waals surface area (Å²) < 4.78 is 66.2. The predicted octanol–water partition coefficient (Wildman–Crippen LogP) is 4.19. The second-order valence-electron chi connectivity index (χ2n) is 6.31. The molecular weight excluding hydrogens is 367 g/mol. The molecule has 0 aliphatic rings. The molecule has 0 spiro atoms. The number of benzene rings is 2. The van der Waals surface area contributed by atoms with Gasteiger partial charge in [-0.3, -0.25) is 4.79 Å². The number of rotatable bonds is 6. The van der Waals surface area contributed by atoms with Crippen LogP contribution in [0.4, 0.5) is 22.0 Å². The molecule has 0 heterocycles. The quantitative estimate of drug-likeness (QED) is 0.696. The number of amides is 1. The SMILES string of the molecule is CN(C)CCN(Cc1ccccc1F)C(=O)c1ccc(F)c(C(F)(F)F)c1. The van der Waals surface area contributed by atoms with E-state index in [4.69, 9.17) is 0 Å². The van der Waals surface area contributed by atoms with Gasteiger partial charge >= 0.3 is 6.18 Å². The van der Waals surface area contributed by atoms with Gasteiger partial charge in [0.1, 0.15) is 11.6 Å². The van der Waals surface area contributed by atoms with E-state index in [0.717, 1.165) is 6.07 Å². The highest BCUT2D eigenvalue weighted by Gasteiger charge is 2.35. The average molecular weight is 386 g/mol. The highest BCUT2D eigenvalue weighted by atomic mass is 19.4. The number of alkyl halides is 3. The van der Waals surface area contributed by atoms with Crippen molar-refractivity contribution in [2.45, 2.75) is 12.7 Å². The fraction of sp³-hybridized carbons (Fsp3) is 0.316. The van der Waals surface area contributed by atoms with E-state index in [9.17, 15) is 26.7 Å². The molecular formula is C19H19F5N2O. The number of carbonyl (C=O) groups is 1. The molecule has 0 aliphatic heterocycles. The Morgan fingerprint density at radius 3 is 2.22 bits per heavy atom. The zero-order valence-electron chi connectivity index (χ0n) is 14.9. The number of likely N-dealkylation sites (N-methyl/N-ethyl adjacent to an activating group) is 1. The molecule has 0 saturated carbocycles. The smallest absolute Gasteiger partial charge is 0.333 e. The zero-order valence-corrected chi connectivity index (χ0v) is 14.9. The van der Waals surface area contributed by atoms with Crippen molar-refractivity contribution in [3.05, 3.63) is 70.8 Å². The van der Waals surface area contributed by atoms with E-state index in [1.807, 2.05) is 0 Å². The maximum atomic E-state index is 13.9. The van der Waals surface area contributed by atoms with Crippen LogP contribution in [0.2, 0.25) is 0 Å². The van der Waals surface area contributed by atoms with E-state index in [0.29, 0.717) is 18.7 Å². The van der Waals surface area contributed by atoms with E-state index in [1.165, 1.54) is 23.1 Å². The first-order valence-electron chi connectivity index (χ1n) is 8.13. The maximum absolute atomic E-state index is 13.9. The molecule has 0 saturated heterocycles. The molecule has 0 atom stereocenters. The summed E-state index contributed by atoms with van der Waals surface area (Å²) in [4.78, 5) is 15.8. The van der Waals surface area contributed by atoms with Crippen molar-refractivity contribution in [3.63, 3.8) is 0 Å². The Balaban J connectivity index is 2.34. The normalized spacial score (nSPS) is 11.7. The molecule has 27 heavy (non-hydrogen) atoms. The third-order valence-electron chi connectivity index (χ3n) is 3.94. The minimum Gasteiger partial charge on any atom is -0.333 e. The molecule has 0 aliphatic carbocycles. The number of carbonyl (C=O) groups excluding carboxylic acids is 1. The summed E-state index contributed by atoms with van der Waals surface area (Å²) in [5.74, 6) is -2.70. The minimum absolute atomic E-state index is 0.113. The lowest BCUT2D eigenvalue weighted by molar-refractivity contribution is -0.140. The number of nitrogens with zero attached hydrogens (tertiary/aromatic N) is 2. The first kappa shape index (κ1) is 20.8. The number of hydrogen-bond acceptors (Lipinski definition) is 2. The number of halogens is 5. The van der Waals surface area contributed by atoms with Gasteiger partial charge < -0.3 is 9.80 Å². The lowest BCUT2D eigenvalue weighted by Crippen LogP contribution is -2.36. The highest BCUT2D eigenvalue weighted by Crippen LogP contribution is 2.32. The minimum atomic E-state index is -4.92. The van der Waals surface area contributed by atoms with E-state index in [1.54, 1.807) is 25.1 Å². The molecule has 0 radical (unpaired) electrons. The van der Waals surface area contributed by atoms with Gasteiger partial charge in [0.05, 0.1) is 5.56 Å². The van der Waals surface area contributed by atoms with Crippen LogP contribution >= 0.6 is 0 Å². The van der Waals surface area contributed by atoms with Gasteiger partial charge in [0.25, 0.3) is 5.91 Å². The Morgan fingerprint density at radius 2 is 1.63 bits per heavy atom. The second-order valence-corrected chi connectivity index (χ2v) is 6.31. The van der Waals surface area contributed by atoms with Gasteiger partial charge in [-0.15, -0.1) is 0 Å². The van der Waals surface area contributed by atoms with E-state index in [2.05, 4.69) is 0 Å². The van der Waals surface area contributed by atoms with Crippen LogP contribution in [0.1, 0.15) is 21.5 Å². The number of hydrogen-bond donors (Lipinski definition) is 0. The summed E-state index contributed by atoms with van der Waals surface area (Å²) in [5.41, 5.74) is -1.58. The van der Waals surface area contributed by atoms with E-state index >= 15 is 0 Å². The largest absolute Gasteiger partial charge is 0.419 e. The average Bonchev–Trinajstić information content (AvgIpc) is 2.58. The molecule has 0 aromatic heterocycles. The second kappa shape index (κ2) is 8.47. The van der Waals surface area contributed by atoms with Crippen LogP contribution < -0.4 is 0 Å². The summed E-state index contributed by atoms with van der Waals surface area (Å²) in [6.45, 7) is 0.477. The Bertz CT molecular complexity index is 805. The van der Waals surface area contributed by atoms with Crippen LogP contribution in [0.15, 0.2) is 42.5 Å². The summed E-state index contributed by atoms with van der Waals surface area (Å²) in [6, 6.07) is 7.94. The molecule has 2 aromatic rings. The van der Waals surface area contributed by atoms with E-state index < -0.39 is 29.3 Å². The molecule has 0 fully saturated rings. The summed E-state index contributed by atoms with van der Waals surface area (Å²) in [6.07, 6.45) is -4.92. The highest BCUT2D eigenvalue weighted by molar-refractivity contribution is 5.94. The summed E-state index contributed by atoms with van der Waals surface area (Å²) >= 11 is 0. The van der Waals surface area contributed by atoms with Crippen molar-refractivity contribution in [1.29, 1.82) is 0 Å². The van der Waals surface area contributed by atoms with Gasteiger partial charge in [0.2, 0.25) is 0 Å². The Hall–Kier alpha value is -2.48. The van der Waals surface area contributed by atoms with Crippen molar-refractivity contribution in [1.82, 2.24) is 9.80 Å². The van der Waals surface area contributed by atoms with Gasteiger partial charge in [-0.05, 0) is 38.4 Å². The molecule has 0 N–H and O–H groups in total. The van der Waals surface area contributed by atoms with Gasteiger partial charge in [-0.1, -0.05) is 18.2 Å². The van der Waals surface area contributed by atoms with Crippen LogP contribution in [-0.2, 0) is 12.7 Å². The molecule has 2 aromatic carbocycles. The van der Waals surface area contributed by atoms with Crippen molar-refractivity contribution in [3.8, 4) is 0 Å². The lowest BCUT2D eigenvalue weighted by Gasteiger charge is -2.25. The fourth-order valence-electron chi connectivity index (χ4n) is 2.46. The first-order chi connectivity index (χ1) is 12.6. The molecule has 8 heteroatoms. The lowest BCUT2D eigenvalue weighted by atomic mass is 10.1. The standard InChI is InChI=1S/C19H19F5N2O/c1-25(2)9-10-26(12-14-5-3-4-6-16(14)20)18(27)13-7-8-17(21)15(11-13)19(22,23)24/h3-8,11H,9-10,12H2,1-2H3. The molecule has 0 bridgehead atoms. The molecule has 3 nitrogen and oxygen atoms in total. The monoisotopic (exact) mass is 386 g/mol. The van der Waals surface area contributed by atoms with Crippen molar-refractivity contribution < 1.29 is 26.7 Å². The third kappa shape index (κ3) is 5.50. The zero-order chi connectivity index (χ0) is 20.2. The van der Waals surface area contributed by atoms with Crippen LogP contribution in [0.5, 0.6) is 0 Å². The van der Waals surface area contributed by atoms with Crippen LogP contribution in [-0.4, -0.2) is 42.9 Å². The Kier molecular flexibility index (Phi) is 6.54. The molecule has 2 rings (SSSR count). The van der Waals surface area contributed by atoms with E-state index in [-0.39, 0.29) is 24.2 Å². The van der Waals surface area contributed by atoms with Crippen LogP contribution in [0.3, 0.4) is 0 Å². The van der Waals surface area contributed by atoms with Crippen molar-refractivity contribution in [2.24, 2.45) is 0 Å². The van der Waals surface area contributed by atoms with Crippen LogP contribution in [0, 0.1) is 11.6 Å². The molecule has 1 amide bonds. The molecule has 146 valence electrons.